The van der Waals surface area contributed by atoms with E-state index < -0.39 is 0 Å². The largest absolute Gasteiger partial charge is 0.488 e. The van der Waals surface area contributed by atoms with Gasteiger partial charge in [0.05, 0.1) is 18.7 Å². The number of carbonyl (C=O) groups is 1. The van der Waals surface area contributed by atoms with E-state index in [1.807, 2.05) is 17.6 Å². The zero-order valence-corrected chi connectivity index (χ0v) is 16.5. The second-order valence-corrected chi connectivity index (χ2v) is 6.79. The van der Waals surface area contributed by atoms with E-state index in [0.29, 0.717) is 35.1 Å². The van der Waals surface area contributed by atoms with Crippen molar-refractivity contribution < 1.29 is 18.7 Å². The predicted octanol–water partition coefficient (Wildman–Crippen LogP) is 5.39. The van der Waals surface area contributed by atoms with Gasteiger partial charge in [-0.15, -0.1) is 0 Å². The van der Waals surface area contributed by atoms with Gasteiger partial charge in [0.1, 0.15) is 18.2 Å². The Labute approximate surface area is 168 Å². The van der Waals surface area contributed by atoms with Gasteiger partial charge in [0.15, 0.2) is 0 Å². The molecule has 0 unspecified atom stereocenters. The minimum absolute atomic E-state index is 0.111. The van der Waals surface area contributed by atoms with Crippen molar-refractivity contribution in [3.63, 3.8) is 0 Å². The summed E-state index contributed by atoms with van der Waals surface area (Å²) < 4.78 is 26.7. The number of rotatable bonds is 7. The molecule has 0 saturated carbocycles. The molecule has 0 atom stereocenters. The second kappa shape index (κ2) is 8.93. The molecule has 4 nitrogen and oxygen atoms in total. The number of nitrogens with zero attached hydrogens (tertiary/aromatic N) is 1. The fraction of sp³-hybridized carbons (Fsp3) is 0.227. The first-order valence-corrected chi connectivity index (χ1v) is 9.34. The number of esters is 1. The van der Waals surface area contributed by atoms with Crippen LogP contribution in [0.15, 0.2) is 54.7 Å². The summed E-state index contributed by atoms with van der Waals surface area (Å²) in [6.07, 6.45) is 1.74. The highest BCUT2D eigenvalue weighted by molar-refractivity contribution is 6.30. The first kappa shape index (κ1) is 20.0. The van der Waals surface area contributed by atoms with Crippen LogP contribution in [0.25, 0.3) is 0 Å². The number of hydrogen-bond acceptors (Lipinski definition) is 3. The van der Waals surface area contributed by atoms with E-state index in [1.165, 1.54) is 6.07 Å². The van der Waals surface area contributed by atoms with Gasteiger partial charge in [0.2, 0.25) is 0 Å². The van der Waals surface area contributed by atoms with Crippen LogP contribution in [0.1, 0.15) is 34.1 Å². The molecule has 3 rings (SSSR count). The van der Waals surface area contributed by atoms with Gasteiger partial charge in [0.25, 0.3) is 0 Å². The molecule has 28 heavy (non-hydrogen) atoms. The van der Waals surface area contributed by atoms with Crippen molar-refractivity contribution in [1.29, 1.82) is 0 Å². The fourth-order valence-corrected chi connectivity index (χ4v) is 3.07. The van der Waals surface area contributed by atoms with Crippen molar-refractivity contribution >= 4 is 17.6 Å². The summed E-state index contributed by atoms with van der Waals surface area (Å²) in [4.78, 5) is 12.0. The molecule has 0 amide bonds. The first-order chi connectivity index (χ1) is 13.5. The zero-order valence-electron chi connectivity index (χ0n) is 15.7. The molecule has 0 aliphatic carbocycles. The number of ether oxygens (including phenoxy) is 2. The second-order valence-electron chi connectivity index (χ2n) is 6.35. The molecular weight excluding hydrogens is 381 g/mol. The highest BCUT2D eigenvalue weighted by atomic mass is 35.5. The Hall–Kier alpha value is -2.79. The van der Waals surface area contributed by atoms with E-state index in [4.69, 9.17) is 21.1 Å². The Morgan fingerprint density at radius 1 is 1.14 bits per heavy atom. The third-order valence-corrected chi connectivity index (χ3v) is 4.56. The topological polar surface area (TPSA) is 40.5 Å². The lowest BCUT2D eigenvalue weighted by molar-refractivity contribution is 0.0526. The highest BCUT2D eigenvalue weighted by Crippen LogP contribution is 2.26. The molecule has 6 heteroatoms. The molecular formula is C22H21ClFNO3. The summed E-state index contributed by atoms with van der Waals surface area (Å²) in [6.45, 7) is 4.57. The van der Waals surface area contributed by atoms with Gasteiger partial charge >= 0.3 is 5.97 Å². The predicted molar refractivity (Wildman–Crippen MR) is 106 cm³/mol. The number of aryl methyl sites for hydroxylation is 1. The first-order valence-electron chi connectivity index (χ1n) is 8.96. The van der Waals surface area contributed by atoms with Gasteiger partial charge in [-0.2, -0.15) is 0 Å². The smallest absolute Gasteiger partial charge is 0.339 e. The van der Waals surface area contributed by atoms with E-state index >= 15 is 0 Å². The molecule has 0 bridgehead atoms. The molecule has 0 fully saturated rings. The summed E-state index contributed by atoms with van der Waals surface area (Å²) in [6, 6.07) is 13.6. The van der Waals surface area contributed by atoms with Crippen molar-refractivity contribution in [2.45, 2.75) is 27.0 Å². The fourth-order valence-electron chi connectivity index (χ4n) is 2.88. The lowest BCUT2D eigenvalue weighted by Crippen LogP contribution is -2.06. The molecule has 0 radical (unpaired) electrons. The number of halogens is 2. The number of benzene rings is 2. The van der Waals surface area contributed by atoms with E-state index in [0.717, 1.165) is 11.3 Å². The minimum Gasteiger partial charge on any atom is -0.488 e. The van der Waals surface area contributed by atoms with Crippen LogP contribution in [-0.4, -0.2) is 17.1 Å². The van der Waals surface area contributed by atoms with Crippen LogP contribution < -0.4 is 4.74 Å². The average molecular weight is 402 g/mol. The Bertz CT molecular complexity index is 984. The van der Waals surface area contributed by atoms with Crippen molar-refractivity contribution in [1.82, 2.24) is 4.57 Å². The van der Waals surface area contributed by atoms with Crippen LogP contribution in [0.5, 0.6) is 5.75 Å². The van der Waals surface area contributed by atoms with Crippen LogP contribution in [0.2, 0.25) is 5.02 Å². The minimum atomic E-state index is -0.355. The molecule has 146 valence electrons. The molecule has 0 spiro atoms. The van der Waals surface area contributed by atoms with Crippen LogP contribution in [0, 0.1) is 12.7 Å². The Kier molecular flexibility index (Phi) is 6.37. The van der Waals surface area contributed by atoms with E-state index in [9.17, 15) is 9.18 Å². The summed E-state index contributed by atoms with van der Waals surface area (Å²) >= 11 is 6.16. The Balaban J connectivity index is 1.81. The van der Waals surface area contributed by atoms with Crippen LogP contribution >= 0.6 is 11.6 Å². The molecule has 0 aliphatic heterocycles. The average Bonchev–Trinajstić information content (AvgIpc) is 3.03. The van der Waals surface area contributed by atoms with Crippen LogP contribution in [0.3, 0.4) is 0 Å². The molecule has 0 aliphatic rings. The maximum Gasteiger partial charge on any atom is 0.339 e. The number of aromatic nitrogens is 1. The van der Waals surface area contributed by atoms with E-state index in [2.05, 4.69) is 0 Å². The summed E-state index contributed by atoms with van der Waals surface area (Å²) in [7, 11) is 0. The summed E-state index contributed by atoms with van der Waals surface area (Å²) in [5.41, 5.74) is 2.71. The van der Waals surface area contributed by atoms with Crippen molar-refractivity contribution in [3.05, 3.63) is 88.0 Å². The van der Waals surface area contributed by atoms with Gasteiger partial charge in [-0.05, 0) is 44.2 Å². The lowest BCUT2D eigenvalue weighted by Gasteiger charge is -2.14. The lowest BCUT2D eigenvalue weighted by atomic mass is 10.2. The maximum atomic E-state index is 13.8. The van der Waals surface area contributed by atoms with E-state index in [-0.39, 0.29) is 18.4 Å². The van der Waals surface area contributed by atoms with Gasteiger partial charge < -0.3 is 14.0 Å². The van der Waals surface area contributed by atoms with Gasteiger partial charge in [0, 0.05) is 28.0 Å². The number of carbonyl (C=O) groups excluding carboxylic acids is 1. The third kappa shape index (κ3) is 4.73. The van der Waals surface area contributed by atoms with Gasteiger partial charge in [-0.25, -0.2) is 9.18 Å². The monoisotopic (exact) mass is 401 g/mol. The summed E-state index contributed by atoms with van der Waals surface area (Å²) in [5, 5.41) is 0.573. The summed E-state index contributed by atoms with van der Waals surface area (Å²) in [5.74, 6) is -0.0525. The SMILES string of the molecule is CCOC(=O)c1cc(C)n(Cc2cc(Cl)ccc2OCc2ccccc2F)c1. The van der Waals surface area contributed by atoms with E-state index in [1.54, 1.807) is 49.5 Å². The van der Waals surface area contributed by atoms with Gasteiger partial charge in [-0.3, -0.25) is 0 Å². The Morgan fingerprint density at radius 2 is 1.93 bits per heavy atom. The molecule has 0 N–H and O–H groups in total. The van der Waals surface area contributed by atoms with Crippen molar-refractivity contribution in [2.24, 2.45) is 0 Å². The standard InChI is InChI=1S/C22H21ClFNO3/c1-3-27-22(26)18-10-15(2)25(13-18)12-17-11-19(23)8-9-21(17)28-14-16-6-4-5-7-20(16)24/h4-11,13H,3,12,14H2,1-2H3. The molecule has 1 heterocycles. The third-order valence-electron chi connectivity index (χ3n) is 4.33. The Morgan fingerprint density at radius 3 is 2.68 bits per heavy atom. The molecule has 2 aromatic carbocycles. The molecule has 0 saturated heterocycles. The van der Waals surface area contributed by atoms with Crippen LogP contribution in [0.4, 0.5) is 4.39 Å². The highest BCUT2D eigenvalue weighted by Gasteiger charge is 2.13. The maximum absolute atomic E-state index is 13.8. The normalized spacial score (nSPS) is 10.7. The van der Waals surface area contributed by atoms with Crippen molar-refractivity contribution in [3.8, 4) is 5.75 Å². The number of hydrogen-bond donors (Lipinski definition) is 0. The molecule has 3 aromatic rings. The van der Waals surface area contributed by atoms with Crippen molar-refractivity contribution in [2.75, 3.05) is 6.61 Å². The zero-order chi connectivity index (χ0) is 20.1. The van der Waals surface area contributed by atoms with Crippen LogP contribution in [-0.2, 0) is 17.9 Å². The van der Waals surface area contributed by atoms with Gasteiger partial charge in [-0.1, -0.05) is 29.8 Å². The quantitative estimate of drug-likeness (QED) is 0.498. The molecule has 1 aromatic heterocycles.